The van der Waals surface area contributed by atoms with Crippen LogP contribution in [-0.2, 0) is 14.8 Å². The van der Waals surface area contributed by atoms with Gasteiger partial charge in [-0.1, -0.05) is 0 Å². The summed E-state index contributed by atoms with van der Waals surface area (Å²) in [6, 6.07) is 0.344. The molecule has 0 atom stereocenters. The molecule has 0 aliphatic carbocycles. The van der Waals surface area contributed by atoms with Crippen LogP contribution in [0, 0.1) is 0 Å². The Kier molecular flexibility index (Phi) is 3.45. The summed E-state index contributed by atoms with van der Waals surface area (Å²) in [6.07, 6.45) is 0. The van der Waals surface area contributed by atoms with Crippen molar-refractivity contribution in [3.63, 3.8) is 0 Å². The lowest BCUT2D eigenvalue weighted by Gasteiger charge is -2.26. The molecular weight excluding hydrogens is 180 g/mol. The van der Waals surface area contributed by atoms with E-state index in [2.05, 4.69) is 10.0 Å². The molecule has 0 aromatic carbocycles. The zero-order chi connectivity index (χ0) is 9.03. The van der Waals surface area contributed by atoms with E-state index < -0.39 is 10.0 Å². The highest BCUT2D eigenvalue weighted by atomic mass is 32.2. The van der Waals surface area contributed by atoms with E-state index in [9.17, 15) is 8.42 Å². The maximum absolute atomic E-state index is 10.9. The molecule has 1 heterocycles. The molecule has 0 saturated carbocycles. The third-order valence-electron chi connectivity index (χ3n) is 1.75. The molecule has 0 spiro atoms. The Balaban J connectivity index is 2.08. The smallest absolute Gasteiger partial charge is 0.212 e. The Morgan fingerprint density at radius 1 is 1.50 bits per heavy atom. The van der Waals surface area contributed by atoms with Crippen LogP contribution in [0.1, 0.15) is 0 Å². The molecule has 0 aromatic heterocycles. The van der Waals surface area contributed by atoms with Crippen LogP contribution < -0.4 is 10.0 Å². The van der Waals surface area contributed by atoms with Gasteiger partial charge < -0.3 is 10.1 Å². The van der Waals surface area contributed by atoms with Gasteiger partial charge in [0.1, 0.15) is 0 Å². The molecule has 0 amide bonds. The lowest BCUT2D eigenvalue weighted by Crippen LogP contribution is -2.47. The van der Waals surface area contributed by atoms with Gasteiger partial charge in [-0.25, -0.2) is 13.1 Å². The number of sulfonamides is 1. The summed E-state index contributed by atoms with van der Waals surface area (Å²) in [5.74, 6) is 0.125. The van der Waals surface area contributed by atoms with Crippen LogP contribution in [0.4, 0.5) is 0 Å². The van der Waals surface area contributed by atoms with Crippen molar-refractivity contribution in [3.05, 3.63) is 0 Å². The summed E-state index contributed by atoms with van der Waals surface area (Å²) in [5, 5.41) is 3.07. The second kappa shape index (κ2) is 4.18. The Morgan fingerprint density at radius 2 is 2.17 bits per heavy atom. The van der Waals surface area contributed by atoms with Crippen LogP contribution >= 0.6 is 0 Å². The normalized spacial score (nSPS) is 19.1. The van der Waals surface area contributed by atoms with Crippen LogP contribution in [0.2, 0.25) is 0 Å². The van der Waals surface area contributed by atoms with Crippen molar-refractivity contribution in [2.45, 2.75) is 6.04 Å². The Morgan fingerprint density at radius 3 is 2.58 bits per heavy atom. The van der Waals surface area contributed by atoms with E-state index in [1.807, 2.05) is 0 Å². The second-order valence-electron chi connectivity index (χ2n) is 2.71. The van der Waals surface area contributed by atoms with Crippen LogP contribution in [0.15, 0.2) is 0 Å². The number of rotatable bonds is 5. The minimum Gasteiger partial charge on any atom is -0.378 e. The van der Waals surface area contributed by atoms with Crippen molar-refractivity contribution in [2.75, 3.05) is 32.6 Å². The molecule has 6 heteroatoms. The first-order valence-corrected chi connectivity index (χ1v) is 5.51. The molecular formula is C6H14N2O3S. The molecule has 1 aliphatic heterocycles. The lowest BCUT2D eigenvalue weighted by molar-refractivity contribution is -0.00411. The number of hydrogen-bond donors (Lipinski definition) is 2. The summed E-state index contributed by atoms with van der Waals surface area (Å²) in [4.78, 5) is 0. The van der Waals surface area contributed by atoms with E-state index in [0.29, 0.717) is 25.8 Å². The number of hydrogen-bond acceptors (Lipinski definition) is 4. The van der Waals surface area contributed by atoms with Crippen LogP contribution in [0.25, 0.3) is 0 Å². The van der Waals surface area contributed by atoms with E-state index in [1.54, 1.807) is 0 Å². The van der Waals surface area contributed by atoms with Crippen molar-refractivity contribution >= 4 is 10.0 Å². The third kappa shape index (κ3) is 3.06. The van der Waals surface area contributed by atoms with Crippen molar-refractivity contribution in [1.82, 2.24) is 10.0 Å². The first kappa shape index (κ1) is 9.91. The van der Waals surface area contributed by atoms with Crippen molar-refractivity contribution in [2.24, 2.45) is 0 Å². The van der Waals surface area contributed by atoms with Gasteiger partial charge in [0, 0.05) is 6.54 Å². The number of ether oxygens (including phenoxy) is 1. The van der Waals surface area contributed by atoms with Gasteiger partial charge >= 0.3 is 0 Å². The highest BCUT2D eigenvalue weighted by molar-refractivity contribution is 7.89. The fourth-order valence-corrected chi connectivity index (χ4v) is 1.44. The molecule has 5 nitrogen and oxygen atoms in total. The Labute approximate surface area is 72.5 Å². The molecule has 1 rings (SSSR count). The average molecular weight is 194 g/mol. The van der Waals surface area contributed by atoms with Gasteiger partial charge in [-0.2, -0.15) is 0 Å². The molecule has 0 unspecified atom stereocenters. The van der Waals surface area contributed by atoms with E-state index in [4.69, 9.17) is 4.74 Å². The van der Waals surface area contributed by atoms with Gasteiger partial charge in [0.15, 0.2) is 0 Å². The summed E-state index contributed by atoms with van der Waals surface area (Å²) in [5.41, 5.74) is 0. The third-order valence-corrected chi connectivity index (χ3v) is 3.12. The lowest BCUT2D eigenvalue weighted by atomic mass is 10.3. The van der Waals surface area contributed by atoms with E-state index in [-0.39, 0.29) is 5.75 Å². The van der Waals surface area contributed by atoms with Gasteiger partial charge in [-0.05, 0) is 7.05 Å². The summed E-state index contributed by atoms with van der Waals surface area (Å²) < 4.78 is 29.0. The molecule has 2 N–H and O–H groups in total. The van der Waals surface area contributed by atoms with E-state index in [0.717, 1.165) is 0 Å². The quantitative estimate of drug-likeness (QED) is 0.560. The summed E-state index contributed by atoms with van der Waals surface area (Å²) in [6.45, 7) is 1.87. The first-order valence-electron chi connectivity index (χ1n) is 3.86. The van der Waals surface area contributed by atoms with Crippen molar-refractivity contribution in [3.8, 4) is 0 Å². The predicted molar refractivity (Wildman–Crippen MR) is 45.5 cm³/mol. The molecule has 1 aliphatic rings. The molecule has 12 heavy (non-hydrogen) atoms. The van der Waals surface area contributed by atoms with Crippen LogP contribution in [0.3, 0.4) is 0 Å². The van der Waals surface area contributed by atoms with Crippen LogP contribution in [-0.4, -0.2) is 47.0 Å². The largest absolute Gasteiger partial charge is 0.378 e. The first-order chi connectivity index (χ1) is 5.64. The van der Waals surface area contributed by atoms with Crippen LogP contribution in [0.5, 0.6) is 0 Å². The molecule has 1 fully saturated rings. The fraction of sp³-hybridized carbons (Fsp3) is 1.00. The monoisotopic (exact) mass is 194 g/mol. The predicted octanol–water partition coefficient (Wildman–Crippen LogP) is -1.48. The zero-order valence-electron chi connectivity index (χ0n) is 7.04. The Bertz CT molecular complexity index is 223. The molecule has 1 saturated heterocycles. The summed E-state index contributed by atoms with van der Waals surface area (Å²) >= 11 is 0. The fourth-order valence-electron chi connectivity index (χ4n) is 0.853. The highest BCUT2D eigenvalue weighted by Gasteiger charge is 2.17. The van der Waals surface area contributed by atoms with Gasteiger partial charge in [-0.3, -0.25) is 0 Å². The molecule has 0 bridgehead atoms. The van der Waals surface area contributed by atoms with Gasteiger partial charge in [0.25, 0.3) is 0 Å². The minimum atomic E-state index is -3.05. The highest BCUT2D eigenvalue weighted by Crippen LogP contribution is 1.98. The number of nitrogens with one attached hydrogen (secondary N) is 2. The minimum absolute atomic E-state index is 0.125. The van der Waals surface area contributed by atoms with E-state index in [1.165, 1.54) is 7.05 Å². The standard InChI is InChI=1S/C6H14N2O3S/c1-7-12(9,10)3-2-8-6-4-11-5-6/h6-8H,2-5H2,1H3. The maximum Gasteiger partial charge on any atom is 0.212 e. The van der Waals surface area contributed by atoms with Crippen molar-refractivity contribution < 1.29 is 13.2 Å². The van der Waals surface area contributed by atoms with Crippen molar-refractivity contribution in [1.29, 1.82) is 0 Å². The van der Waals surface area contributed by atoms with Gasteiger partial charge in [0.05, 0.1) is 25.0 Å². The van der Waals surface area contributed by atoms with Gasteiger partial charge in [0.2, 0.25) is 10.0 Å². The molecule has 0 radical (unpaired) electrons. The Hall–Kier alpha value is -0.170. The topological polar surface area (TPSA) is 67.4 Å². The summed E-state index contributed by atoms with van der Waals surface area (Å²) in [7, 11) is -1.63. The maximum atomic E-state index is 10.9. The second-order valence-corrected chi connectivity index (χ2v) is 4.76. The SMILES string of the molecule is CNS(=O)(=O)CCNC1COC1. The molecule has 0 aromatic rings. The molecule has 72 valence electrons. The average Bonchev–Trinajstić information content (AvgIpc) is 1.95. The van der Waals surface area contributed by atoms with Gasteiger partial charge in [-0.15, -0.1) is 0 Å². The van der Waals surface area contributed by atoms with E-state index >= 15 is 0 Å². The zero-order valence-corrected chi connectivity index (χ0v) is 7.86.